The predicted octanol–water partition coefficient (Wildman–Crippen LogP) is 3.72. The van der Waals surface area contributed by atoms with Gasteiger partial charge in [-0.25, -0.2) is 8.42 Å². The first-order chi connectivity index (χ1) is 13.4. The van der Waals surface area contributed by atoms with Crippen LogP contribution in [0.15, 0.2) is 0 Å². The summed E-state index contributed by atoms with van der Waals surface area (Å²) in [5.41, 5.74) is 0. The first kappa shape index (κ1) is 32.7. The van der Waals surface area contributed by atoms with Crippen LogP contribution in [0.25, 0.3) is 0 Å². The fourth-order valence-electron chi connectivity index (χ4n) is 3.85. The Morgan fingerprint density at radius 3 is 1.34 bits per heavy atom. The average Bonchev–Trinajstić information content (AvgIpc) is 2.64. The van der Waals surface area contributed by atoms with E-state index in [9.17, 15) is 18.1 Å². The molecule has 0 aliphatic rings. The Bertz CT molecular complexity index is 429. The van der Waals surface area contributed by atoms with Gasteiger partial charge in [-0.05, 0) is 25.7 Å². The topological polar surface area (TPSA) is 77.4 Å². The molecule has 0 heterocycles. The van der Waals surface area contributed by atoms with Crippen molar-refractivity contribution in [2.75, 3.05) is 0 Å². The number of rotatable bonds is 21. The van der Waals surface area contributed by atoms with Crippen LogP contribution < -0.4 is 51.4 Å². The Kier molecular flexibility index (Phi) is 25.6. The summed E-state index contributed by atoms with van der Waals surface area (Å²) in [6.07, 6.45) is 20.9. The first-order valence-corrected chi connectivity index (χ1v) is 13.5. The van der Waals surface area contributed by atoms with Crippen LogP contribution in [0, 0.1) is 0 Å². The normalized spacial score (nSPS) is 13.8. The third-order valence-corrected chi connectivity index (χ3v) is 7.20. The summed E-state index contributed by atoms with van der Waals surface area (Å²) >= 11 is 0. The van der Waals surface area contributed by atoms with Crippen molar-refractivity contribution < 1.29 is 69.5 Å². The third kappa shape index (κ3) is 22.5. The van der Waals surface area contributed by atoms with Gasteiger partial charge in [0.05, 0.1) is 16.2 Å². The van der Waals surface area contributed by atoms with Gasteiger partial charge in [-0.3, -0.25) is 0 Å². The molecule has 0 rings (SSSR count). The van der Waals surface area contributed by atoms with Crippen LogP contribution in [0.1, 0.15) is 136 Å². The van der Waals surface area contributed by atoms with Crippen molar-refractivity contribution >= 4 is 10.1 Å². The van der Waals surface area contributed by atoms with Gasteiger partial charge < -0.3 is 9.66 Å². The molecule has 2 unspecified atom stereocenters. The molecule has 1 N–H and O–H groups in total. The van der Waals surface area contributed by atoms with Gasteiger partial charge in [0, 0.05) is 5.25 Å². The fraction of sp³-hybridized carbons (Fsp3) is 1.00. The SMILES string of the molecule is CCCCCCC(O)CCCCCCCCCCCCCC(CC)S(=O)(=O)[O-].[K+]. The number of hydrogen-bond acceptors (Lipinski definition) is 4. The van der Waals surface area contributed by atoms with Crippen LogP contribution in [0.5, 0.6) is 0 Å². The minimum Gasteiger partial charge on any atom is -0.748 e. The molecule has 0 saturated carbocycles. The zero-order valence-corrected chi connectivity index (χ0v) is 23.6. The van der Waals surface area contributed by atoms with Crippen LogP contribution >= 0.6 is 0 Å². The zero-order chi connectivity index (χ0) is 21.1. The van der Waals surface area contributed by atoms with Gasteiger partial charge in [-0.1, -0.05) is 110 Å². The van der Waals surface area contributed by atoms with E-state index in [-0.39, 0.29) is 57.5 Å². The van der Waals surface area contributed by atoms with E-state index in [4.69, 9.17) is 0 Å². The molecule has 0 bridgehead atoms. The van der Waals surface area contributed by atoms with E-state index in [1.807, 2.05) is 0 Å². The quantitative estimate of drug-likeness (QED) is 0.162. The van der Waals surface area contributed by atoms with E-state index in [1.165, 1.54) is 70.6 Å². The second-order valence-electron chi connectivity index (χ2n) is 8.49. The minimum atomic E-state index is -4.10. The van der Waals surface area contributed by atoms with E-state index < -0.39 is 15.4 Å². The molecule has 0 fully saturated rings. The molecule has 0 aromatic carbocycles. The van der Waals surface area contributed by atoms with Gasteiger partial charge in [0.25, 0.3) is 0 Å². The fourth-order valence-corrected chi connectivity index (χ4v) is 4.71. The maximum atomic E-state index is 11.0. The largest absolute Gasteiger partial charge is 1.00 e. The van der Waals surface area contributed by atoms with Crippen molar-refractivity contribution in [3.05, 3.63) is 0 Å². The van der Waals surface area contributed by atoms with Gasteiger partial charge >= 0.3 is 51.4 Å². The third-order valence-electron chi connectivity index (χ3n) is 5.82. The van der Waals surface area contributed by atoms with E-state index in [2.05, 4.69) is 6.92 Å². The maximum Gasteiger partial charge on any atom is 1.00 e. The Balaban J connectivity index is 0. The molecule has 2 atom stereocenters. The van der Waals surface area contributed by atoms with Gasteiger partial charge in [-0.15, -0.1) is 0 Å². The molecule has 0 aromatic rings. The first-order valence-electron chi connectivity index (χ1n) is 12.0. The minimum absolute atomic E-state index is 0. The maximum absolute atomic E-state index is 11.0. The molecule has 0 spiro atoms. The number of aliphatic hydroxyl groups excluding tert-OH is 1. The summed E-state index contributed by atoms with van der Waals surface area (Å²) in [4.78, 5) is 0. The summed E-state index contributed by atoms with van der Waals surface area (Å²) in [6.45, 7) is 3.99. The molecule has 170 valence electrons. The van der Waals surface area contributed by atoms with Gasteiger partial charge in [0.15, 0.2) is 0 Å². The molecular weight excluding hydrogens is 411 g/mol. The summed E-state index contributed by atoms with van der Waals surface area (Å²) in [6, 6.07) is 0. The summed E-state index contributed by atoms with van der Waals surface area (Å²) in [5.74, 6) is 0. The monoisotopic (exact) mass is 458 g/mol. The van der Waals surface area contributed by atoms with Crippen molar-refractivity contribution in [2.24, 2.45) is 0 Å². The van der Waals surface area contributed by atoms with E-state index in [0.29, 0.717) is 12.8 Å². The van der Waals surface area contributed by atoms with E-state index in [1.54, 1.807) is 6.92 Å². The molecule has 29 heavy (non-hydrogen) atoms. The average molecular weight is 459 g/mol. The molecule has 6 heteroatoms. The molecule has 0 radical (unpaired) electrons. The Morgan fingerprint density at radius 1 is 0.655 bits per heavy atom. The summed E-state index contributed by atoms with van der Waals surface area (Å²) < 4.78 is 33.1. The molecule has 0 amide bonds. The Morgan fingerprint density at radius 2 is 1.00 bits per heavy atom. The van der Waals surface area contributed by atoms with E-state index >= 15 is 0 Å². The molecule has 0 aliphatic carbocycles. The van der Waals surface area contributed by atoms with Crippen molar-refractivity contribution in [3.63, 3.8) is 0 Å². The van der Waals surface area contributed by atoms with Crippen molar-refractivity contribution in [3.8, 4) is 0 Å². The molecular formula is C23H47KO4S. The molecule has 0 saturated heterocycles. The van der Waals surface area contributed by atoms with Crippen LogP contribution in [0.2, 0.25) is 0 Å². The second kappa shape index (κ2) is 22.7. The standard InChI is InChI=1S/C23H48O4S.K/c1-3-5-6-16-19-22(24)20-17-14-12-10-8-7-9-11-13-15-18-21-23(4-2)28(25,26)27;/h22-24H,3-21H2,1-2H3,(H,25,26,27);/q;+1/p-1. The van der Waals surface area contributed by atoms with Crippen molar-refractivity contribution in [1.82, 2.24) is 0 Å². The number of unbranched alkanes of at least 4 members (excludes halogenated alkanes) is 13. The number of aliphatic hydroxyl groups is 1. The summed E-state index contributed by atoms with van der Waals surface area (Å²) in [7, 11) is -4.10. The zero-order valence-electron chi connectivity index (χ0n) is 19.7. The van der Waals surface area contributed by atoms with Crippen LogP contribution in [0.4, 0.5) is 0 Å². The molecule has 0 aliphatic heterocycles. The van der Waals surface area contributed by atoms with Crippen molar-refractivity contribution in [2.45, 2.75) is 147 Å². The molecule has 0 aromatic heterocycles. The smallest absolute Gasteiger partial charge is 0.748 e. The van der Waals surface area contributed by atoms with E-state index in [0.717, 1.165) is 38.5 Å². The Hall–Kier alpha value is 1.51. The summed E-state index contributed by atoms with van der Waals surface area (Å²) in [5, 5.41) is 9.26. The van der Waals surface area contributed by atoms with Crippen LogP contribution in [-0.4, -0.2) is 29.4 Å². The predicted molar refractivity (Wildman–Crippen MR) is 119 cm³/mol. The van der Waals surface area contributed by atoms with Crippen LogP contribution in [-0.2, 0) is 10.1 Å². The second-order valence-corrected chi connectivity index (χ2v) is 10.1. The molecule has 4 nitrogen and oxygen atoms in total. The van der Waals surface area contributed by atoms with Crippen molar-refractivity contribution in [1.29, 1.82) is 0 Å². The Labute approximate surface area is 224 Å². The van der Waals surface area contributed by atoms with Crippen LogP contribution in [0.3, 0.4) is 0 Å². The number of hydrogen-bond donors (Lipinski definition) is 1. The van der Waals surface area contributed by atoms with Gasteiger partial charge in [0.2, 0.25) is 0 Å². The van der Waals surface area contributed by atoms with Gasteiger partial charge in [0.1, 0.15) is 0 Å². The van der Waals surface area contributed by atoms with Gasteiger partial charge in [-0.2, -0.15) is 0 Å².